The van der Waals surface area contributed by atoms with E-state index >= 15 is 0 Å². The Morgan fingerprint density at radius 2 is 2.00 bits per heavy atom. The Balaban J connectivity index is 1.82. The van der Waals surface area contributed by atoms with Crippen molar-refractivity contribution in [2.75, 3.05) is 0 Å². The summed E-state index contributed by atoms with van der Waals surface area (Å²) in [7, 11) is 0. The third-order valence-electron chi connectivity index (χ3n) is 3.96. The molecule has 0 aliphatic heterocycles. The molecule has 4 nitrogen and oxygen atoms in total. The summed E-state index contributed by atoms with van der Waals surface area (Å²) in [5, 5.41) is 0. The van der Waals surface area contributed by atoms with Gasteiger partial charge in [0.05, 0.1) is 35.8 Å². The number of aromatic nitrogens is 4. The molecule has 0 radical (unpaired) electrons. The summed E-state index contributed by atoms with van der Waals surface area (Å²) in [4.78, 5) is 8.71. The van der Waals surface area contributed by atoms with E-state index in [1.807, 2.05) is 29.0 Å². The number of hydrogen-bond donors (Lipinski definition) is 0. The maximum absolute atomic E-state index is 13.6. The van der Waals surface area contributed by atoms with Gasteiger partial charge in [0, 0.05) is 12.3 Å². The summed E-state index contributed by atoms with van der Waals surface area (Å²) in [6.45, 7) is 4.47. The molecule has 3 aromatic heterocycles. The monoisotopic (exact) mass is 294 g/mol. The van der Waals surface area contributed by atoms with Crippen molar-refractivity contribution < 1.29 is 4.39 Å². The molecular weight excluding hydrogens is 279 g/mol. The number of imidazole rings is 2. The first-order chi connectivity index (χ1) is 10.6. The molecule has 0 bridgehead atoms. The molecule has 0 saturated carbocycles. The van der Waals surface area contributed by atoms with Gasteiger partial charge in [0.2, 0.25) is 0 Å². The topological polar surface area (TPSA) is 35.1 Å². The second kappa shape index (κ2) is 4.66. The van der Waals surface area contributed by atoms with Gasteiger partial charge in [0.1, 0.15) is 11.5 Å². The zero-order valence-corrected chi connectivity index (χ0v) is 12.4. The summed E-state index contributed by atoms with van der Waals surface area (Å²) in [6, 6.07) is 7.38. The van der Waals surface area contributed by atoms with Crippen molar-refractivity contribution in [3.8, 4) is 0 Å². The van der Waals surface area contributed by atoms with Crippen LogP contribution < -0.4 is 0 Å². The highest BCUT2D eigenvalue weighted by atomic mass is 19.1. The standard InChI is InChI=1S/C17H15FN4/c1-11-3-4-17-19-7-13(22(17)8-11)9-21-10-20-15-6-14(18)12(2)5-16(15)21/h3-8,10H,9H2,1-2H3. The van der Waals surface area contributed by atoms with Crippen molar-refractivity contribution in [2.24, 2.45) is 0 Å². The van der Waals surface area contributed by atoms with E-state index in [0.29, 0.717) is 17.6 Å². The SMILES string of the molecule is Cc1ccc2ncc(Cn3cnc4cc(F)c(C)cc43)n2c1. The molecule has 0 aliphatic rings. The number of pyridine rings is 1. The molecule has 0 aliphatic carbocycles. The fourth-order valence-electron chi connectivity index (χ4n) is 2.74. The molecule has 5 heteroatoms. The predicted octanol–water partition coefficient (Wildman–Crippen LogP) is 3.49. The summed E-state index contributed by atoms with van der Waals surface area (Å²) >= 11 is 0. The van der Waals surface area contributed by atoms with Crippen LogP contribution in [0.3, 0.4) is 0 Å². The number of fused-ring (bicyclic) bond motifs is 2. The predicted molar refractivity (Wildman–Crippen MR) is 83.5 cm³/mol. The Morgan fingerprint density at radius 1 is 1.14 bits per heavy atom. The first-order valence-electron chi connectivity index (χ1n) is 7.15. The van der Waals surface area contributed by atoms with E-state index in [2.05, 4.69) is 27.5 Å². The minimum atomic E-state index is -0.219. The maximum atomic E-state index is 13.6. The Labute approximate surface area is 126 Å². The summed E-state index contributed by atoms with van der Waals surface area (Å²) in [6.07, 6.45) is 5.69. The van der Waals surface area contributed by atoms with Crippen LogP contribution >= 0.6 is 0 Å². The fraction of sp³-hybridized carbons (Fsp3) is 0.176. The van der Waals surface area contributed by atoms with Gasteiger partial charge in [0.15, 0.2) is 0 Å². The van der Waals surface area contributed by atoms with Gasteiger partial charge in [-0.15, -0.1) is 0 Å². The van der Waals surface area contributed by atoms with Gasteiger partial charge in [0.25, 0.3) is 0 Å². The fourth-order valence-corrected chi connectivity index (χ4v) is 2.74. The normalized spacial score (nSPS) is 11.6. The quantitative estimate of drug-likeness (QED) is 0.567. The number of hydrogen-bond acceptors (Lipinski definition) is 2. The van der Waals surface area contributed by atoms with Gasteiger partial charge < -0.3 is 8.97 Å². The van der Waals surface area contributed by atoms with Gasteiger partial charge in [-0.25, -0.2) is 14.4 Å². The van der Waals surface area contributed by atoms with Gasteiger partial charge >= 0.3 is 0 Å². The Kier molecular flexibility index (Phi) is 2.76. The molecule has 0 spiro atoms. The molecule has 0 N–H and O–H groups in total. The molecule has 110 valence electrons. The van der Waals surface area contributed by atoms with Gasteiger partial charge in [-0.05, 0) is 37.1 Å². The minimum absolute atomic E-state index is 0.219. The maximum Gasteiger partial charge on any atom is 0.136 e. The van der Waals surface area contributed by atoms with E-state index in [-0.39, 0.29) is 5.82 Å². The van der Waals surface area contributed by atoms with Crippen molar-refractivity contribution in [2.45, 2.75) is 20.4 Å². The zero-order valence-electron chi connectivity index (χ0n) is 12.4. The third-order valence-corrected chi connectivity index (χ3v) is 3.96. The van der Waals surface area contributed by atoms with Crippen LogP contribution in [0.25, 0.3) is 16.7 Å². The first kappa shape index (κ1) is 13.0. The number of nitrogens with zero attached hydrogens (tertiary/aromatic N) is 4. The van der Waals surface area contributed by atoms with Crippen molar-refractivity contribution >= 4 is 16.7 Å². The molecule has 4 rings (SSSR count). The highest BCUT2D eigenvalue weighted by Gasteiger charge is 2.09. The third kappa shape index (κ3) is 1.97. The lowest BCUT2D eigenvalue weighted by Gasteiger charge is -2.06. The molecule has 0 unspecified atom stereocenters. The average Bonchev–Trinajstić information content (AvgIpc) is 3.05. The second-order valence-corrected chi connectivity index (χ2v) is 5.65. The lowest BCUT2D eigenvalue weighted by atomic mass is 10.2. The van der Waals surface area contributed by atoms with E-state index in [0.717, 1.165) is 16.9 Å². The highest BCUT2D eigenvalue weighted by molar-refractivity contribution is 5.76. The average molecular weight is 294 g/mol. The van der Waals surface area contributed by atoms with Crippen LogP contribution in [0.1, 0.15) is 16.8 Å². The van der Waals surface area contributed by atoms with Crippen molar-refractivity contribution in [3.05, 3.63) is 65.6 Å². The zero-order chi connectivity index (χ0) is 15.3. The largest absolute Gasteiger partial charge is 0.324 e. The molecule has 0 atom stereocenters. The smallest absolute Gasteiger partial charge is 0.136 e. The Bertz CT molecular complexity index is 997. The molecule has 0 amide bonds. The van der Waals surface area contributed by atoms with E-state index < -0.39 is 0 Å². The first-order valence-corrected chi connectivity index (χ1v) is 7.15. The van der Waals surface area contributed by atoms with Crippen LogP contribution in [-0.4, -0.2) is 18.9 Å². The second-order valence-electron chi connectivity index (χ2n) is 5.65. The number of aryl methyl sites for hydroxylation is 2. The van der Waals surface area contributed by atoms with E-state index in [9.17, 15) is 4.39 Å². The number of benzene rings is 1. The van der Waals surface area contributed by atoms with Crippen molar-refractivity contribution in [1.82, 2.24) is 18.9 Å². The molecule has 3 heterocycles. The van der Waals surface area contributed by atoms with Crippen molar-refractivity contribution in [3.63, 3.8) is 0 Å². The van der Waals surface area contributed by atoms with E-state index in [1.54, 1.807) is 13.3 Å². The number of rotatable bonds is 2. The Morgan fingerprint density at radius 3 is 2.86 bits per heavy atom. The highest BCUT2D eigenvalue weighted by Crippen LogP contribution is 2.19. The summed E-state index contributed by atoms with van der Waals surface area (Å²) in [5.41, 5.74) is 5.41. The molecule has 0 saturated heterocycles. The molecular formula is C17H15FN4. The van der Waals surface area contributed by atoms with Crippen LogP contribution in [0.2, 0.25) is 0 Å². The molecule has 22 heavy (non-hydrogen) atoms. The van der Waals surface area contributed by atoms with Crippen LogP contribution in [0, 0.1) is 19.7 Å². The summed E-state index contributed by atoms with van der Waals surface area (Å²) in [5.74, 6) is -0.219. The molecule has 1 aromatic carbocycles. The Hall–Kier alpha value is -2.69. The van der Waals surface area contributed by atoms with Gasteiger partial charge in [-0.3, -0.25) is 0 Å². The van der Waals surface area contributed by atoms with Crippen LogP contribution in [-0.2, 0) is 6.54 Å². The van der Waals surface area contributed by atoms with Crippen LogP contribution in [0.5, 0.6) is 0 Å². The van der Waals surface area contributed by atoms with Crippen molar-refractivity contribution in [1.29, 1.82) is 0 Å². The van der Waals surface area contributed by atoms with E-state index in [1.165, 1.54) is 11.6 Å². The van der Waals surface area contributed by atoms with Gasteiger partial charge in [-0.1, -0.05) is 6.07 Å². The van der Waals surface area contributed by atoms with E-state index in [4.69, 9.17) is 0 Å². The lowest BCUT2D eigenvalue weighted by molar-refractivity contribution is 0.620. The minimum Gasteiger partial charge on any atom is -0.324 e. The number of halogens is 1. The van der Waals surface area contributed by atoms with Gasteiger partial charge in [-0.2, -0.15) is 0 Å². The van der Waals surface area contributed by atoms with Crippen LogP contribution in [0.4, 0.5) is 4.39 Å². The lowest BCUT2D eigenvalue weighted by Crippen LogP contribution is -2.02. The summed E-state index contributed by atoms with van der Waals surface area (Å²) < 4.78 is 17.7. The van der Waals surface area contributed by atoms with Crippen LogP contribution in [0.15, 0.2) is 43.0 Å². The molecule has 0 fully saturated rings. The molecule has 4 aromatic rings.